The third-order valence-electron chi connectivity index (χ3n) is 3.92. The van der Waals surface area contributed by atoms with Gasteiger partial charge in [-0.25, -0.2) is 14.4 Å². The van der Waals surface area contributed by atoms with Crippen molar-refractivity contribution in [1.82, 2.24) is 19.5 Å². The summed E-state index contributed by atoms with van der Waals surface area (Å²) >= 11 is 0. The summed E-state index contributed by atoms with van der Waals surface area (Å²) in [6, 6.07) is 4.88. The van der Waals surface area contributed by atoms with E-state index in [4.69, 9.17) is 5.73 Å². The number of rotatable bonds is 4. The molecule has 0 aliphatic heterocycles. The van der Waals surface area contributed by atoms with Gasteiger partial charge in [0.15, 0.2) is 0 Å². The first-order chi connectivity index (χ1) is 10.2. The van der Waals surface area contributed by atoms with Gasteiger partial charge in [0.1, 0.15) is 11.6 Å². The minimum Gasteiger partial charge on any atom is -0.348 e. The average Bonchev–Trinajstić information content (AvgIpc) is 3.04. The molecule has 1 unspecified atom stereocenters. The van der Waals surface area contributed by atoms with Gasteiger partial charge in [-0.15, -0.1) is 0 Å². The molecule has 2 aromatic heterocycles. The Morgan fingerprint density at radius 3 is 3.00 bits per heavy atom. The summed E-state index contributed by atoms with van der Waals surface area (Å²) in [5, 5.41) is 0. The molecule has 1 aliphatic carbocycles. The molecule has 0 saturated heterocycles. The number of H-pyrrole nitrogens is 1. The zero-order valence-corrected chi connectivity index (χ0v) is 11.5. The molecule has 3 aromatic rings. The van der Waals surface area contributed by atoms with Crippen molar-refractivity contribution in [3.63, 3.8) is 0 Å². The Morgan fingerprint density at radius 1 is 1.43 bits per heavy atom. The van der Waals surface area contributed by atoms with Crippen molar-refractivity contribution in [2.45, 2.75) is 31.3 Å². The Kier molecular flexibility index (Phi) is 2.78. The highest BCUT2D eigenvalue weighted by Crippen LogP contribution is 2.40. The number of imidazole rings is 2. The third-order valence-corrected chi connectivity index (χ3v) is 3.92. The summed E-state index contributed by atoms with van der Waals surface area (Å²) in [6.07, 6.45) is 6.25. The van der Waals surface area contributed by atoms with Gasteiger partial charge in [0, 0.05) is 24.4 Å². The molecule has 108 valence electrons. The molecular formula is C15H16FN5. The lowest BCUT2D eigenvalue weighted by molar-refractivity contribution is 0.595. The van der Waals surface area contributed by atoms with Gasteiger partial charge in [0.25, 0.3) is 0 Å². The van der Waals surface area contributed by atoms with E-state index in [1.807, 2.05) is 0 Å². The van der Waals surface area contributed by atoms with Crippen LogP contribution in [0.4, 0.5) is 4.39 Å². The smallest absolute Gasteiger partial charge is 0.127 e. The van der Waals surface area contributed by atoms with Crippen LogP contribution in [0.2, 0.25) is 0 Å². The highest BCUT2D eigenvalue weighted by molar-refractivity contribution is 5.76. The molecule has 1 aromatic carbocycles. The standard InChI is InChI=1S/C15H16FN5/c16-9-1-4-13-14(5-9)21(11-2-3-11)15(20-13)12(17)6-10-7-18-8-19-10/h1,4-5,7-8,11-12H,2-3,6,17H2,(H,18,19). The van der Waals surface area contributed by atoms with Crippen molar-refractivity contribution >= 4 is 11.0 Å². The van der Waals surface area contributed by atoms with Crippen LogP contribution in [0, 0.1) is 5.82 Å². The largest absolute Gasteiger partial charge is 0.348 e. The van der Waals surface area contributed by atoms with E-state index in [1.54, 1.807) is 24.7 Å². The fraction of sp³-hybridized carbons (Fsp3) is 0.333. The van der Waals surface area contributed by atoms with Gasteiger partial charge in [-0.2, -0.15) is 0 Å². The predicted octanol–water partition coefficient (Wildman–Crippen LogP) is 2.48. The molecule has 1 atom stereocenters. The quantitative estimate of drug-likeness (QED) is 0.773. The van der Waals surface area contributed by atoms with E-state index in [0.717, 1.165) is 35.4 Å². The van der Waals surface area contributed by atoms with E-state index in [0.29, 0.717) is 12.5 Å². The molecule has 6 heteroatoms. The summed E-state index contributed by atoms with van der Waals surface area (Å²) in [6.45, 7) is 0. The minimum absolute atomic E-state index is 0.235. The van der Waals surface area contributed by atoms with E-state index >= 15 is 0 Å². The van der Waals surface area contributed by atoms with Crippen molar-refractivity contribution in [1.29, 1.82) is 0 Å². The molecule has 5 nitrogen and oxygen atoms in total. The summed E-state index contributed by atoms with van der Waals surface area (Å²) in [5.74, 6) is 0.589. The van der Waals surface area contributed by atoms with Crippen LogP contribution in [0.25, 0.3) is 11.0 Å². The molecule has 2 heterocycles. The lowest BCUT2D eigenvalue weighted by Crippen LogP contribution is -2.19. The van der Waals surface area contributed by atoms with Crippen LogP contribution in [0.3, 0.4) is 0 Å². The van der Waals surface area contributed by atoms with Crippen molar-refractivity contribution in [3.8, 4) is 0 Å². The van der Waals surface area contributed by atoms with Gasteiger partial charge in [-0.05, 0) is 31.0 Å². The second-order valence-electron chi connectivity index (χ2n) is 5.59. The van der Waals surface area contributed by atoms with E-state index in [9.17, 15) is 4.39 Å². The molecule has 0 bridgehead atoms. The maximum absolute atomic E-state index is 13.5. The van der Waals surface area contributed by atoms with Crippen LogP contribution >= 0.6 is 0 Å². The van der Waals surface area contributed by atoms with E-state index in [1.165, 1.54) is 6.07 Å². The molecule has 4 rings (SSSR count). The normalized spacial score (nSPS) is 16.5. The summed E-state index contributed by atoms with van der Waals surface area (Å²) in [4.78, 5) is 11.7. The molecule has 0 amide bonds. The maximum Gasteiger partial charge on any atom is 0.127 e. The van der Waals surface area contributed by atoms with Crippen molar-refractivity contribution in [2.24, 2.45) is 5.73 Å². The summed E-state index contributed by atoms with van der Waals surface area (Å²) in [5.41, 5.74) is 8.95. The second kappa shape index (κ2) is 4.66. The van der Waals surface area contributed by atoms with E-state index in [-0.39, 0.29) is 11.9 Å². The Balaban J connectivity index is 1.78. The third kappa shape index (κ3) is 2.21. The fourth-order valence-electron chi connectivity index (χ4n) is 2.79. The number of aromatic nitrogens is 4. The van der Waals surface area contributed by atoms with Crippen LogP contribution in [-0.4, -0.2) is 19.5 Å². The number of halogens is 1. The molecular weight excluding hydrogens is 269 g/mol. The van der Waals surface area contributed by atoms with Gasteiger partial charge < -0.3 is 15.3 Å². The number of nitrogens with one attached hydrogen (secondary N) is 1. The molecule has 1 aliphatic rings. The number of aromatic amines is 1. The van der Waals surface area contributed by atoms with Gasteiger partial charge in [0.2, 0.25) is 0 Å². The highest BCUT2D eigenvalue weighted by Gasteiger charge is 2.30. The van der Waals surface area contributed by atoms with Crippen LogP contribution < -0.4 is 5.73 Å². The van der Waals surface area contributed by atoms with Crippen LogP contribution in [0.5, 0.6) is 0 Å². The monoisotopic (exact) mass is 285 g/mol. The Labute approximate surface area is 121 Å². The molecule has 1 saturated carbocycles. The number of fused-ring (bicyclic) bond motifs is 1. The first-order valence-corrected chi connectivity index (χ1v) is 7.12. The topological polar surface area (TPSA) is 72.5 Å². The lowest BCUT2D eigenvalue weighted by Gasteiger charge is -2.13. The van der Waals surface area contributed by atoms with E-state index in [2.05, 4.69) is 19.5 Å². The minimum atomic E-state index is -0.238. The predicted molar refractivity (Wildman–Crippen MR) is 77.2 cm³/mol. The number of nitrogens with two attached hydrogens (primary N) is 1. The first-order valence-electron chi connectivity index (χ1n) is 7.12. The van der Waals surface area contributed by atoms with Gasteiger partial charge in [-0.3, -0.25) is 0 Å². The molecule has 0 radical (unpaired) electrons. The average molecular weight is 285 g/mol. The number of benzene rings is 1. The fourth-order valence-corrected chi connectivity index (χ4v) is 2.79. The zero-order chi connectivity index (χ0) is 14.4. The molecule has 21 heavy (non-hydrogen) atoms. The summed E-state index contributed by atoms with van der Waals surface area (Å²) in [7, 11) is 0. The SMILES string of the molecule is NC(Cc1cnc[nH]1)c1nc2ccc(F)cc2n1C1CC1. The Bertz CT molecular complexity index is 773. The zero-order valence-electron chi connectivity index (χ0n) is 11.5. The number of hydrogen-bond acceptors (Lipinski definition) is 3. The van der Waals surface area contributed by atoms with Crippen LogP contribution in [0.15, 0.2) is 30.7 Å². The molecule has 1 fully saturated rings. The lowest BCUT2D eigenvalue weighted by atomic mass is 10.1. The highest BCUT2D eigenvalue weighted by atomic mass is 19.1. The first kappa shape index (κ1) is 12.5. The second-order valence-corrected chi connectivity index (χ2v) is 5.59. The van der Waals surface area contributed by atoms with Crippen LogP contribution in [0.1, 0.15) is 36.4 Å². The van der Waals surface area contributed by atoms with E-state index < -0.39 is 0 Å². The maximum atomic E-state index is 13.5. The van der Waals surface area contributed by atoms with Gasteiger partial charge in [-0.1, -0.05) is 0 Å². The number of hydrogen-bond donors (Lipinski definition) is 2. The van der Waals surface area contributed by atoms with Gasteiger partial charge in [0.05, 0.1) is 23.4 Å². The van der Waals surface area contributed by atoms with Crippen molar-refractivity contribution in [2.75, 3.05) is 0 Å². The Morgan fingerprint density at radius 2 is 2.29 bits per heavy atom. The molecule has 3 N–H and O–H groups in total. The Hall–Kier alpha value is -2.21. The van der Waals surface area contributed by atoms with Crippen molar-refractivity contribution < 1.29 is 4.39 Å². The van der Waals surface area contributed by atoms with Crippen molar-refractivity contribution in [3.05, 3.63) is 48.1 Å². The molecule has 0 spiro atoms. The summed E-state index contributed by atoms with van der Waals surface area (Å²) < 4.78 is 15.6. The van der Waals surface area contributed by atoms with Crippen LogP contribution in [-0.2, 0) is 6.42 Å². The van der Waals surface area contributed by atoms with Gasteiger partial charge >= 0.3 is 0 Å². The number of nitrogens with zero attached hydrogens (tertiary/aromatic N) is 3.